The van der Waals surface area contributed by atoms with Crippen molar-refractivity contribution in [2.24, 2.45) is 0 Å². The van der Waals surface area contributed by atoms with Gasteiger partial charge >= 0.3 is 12.0 Å². The molecule has 1 fully saturated rings. The van der Waals surface area contributed by atoms with Gasteiger partial charge in [0.2, 0.25) is 0 Å². The number of urea groups is 1. The Morgan fingerprint density at radius 2 is 2.04 bits per heavy atom. The minimum Gasteiger partial charge on any atom is -0.468 e. The van der Waals surface area contributed by atoms with Gasteiger partial charge in [-0.3, -0.25) is 9.69 Å². The van der Waals surface area contributed by atoms with Crippen molar-refractivity contribution >= 4 is 29.3 Å². The second kappa shape index (κ2) is 8.17. The molecule has 6 nitrogen and oxygen atoms in total. The summed E-state index contributed by atoms with van der Waals surface area (Å²) >= 11 is 6.08. The number of nitrogens with zero attached hydrogens (tertiary/aromatic N) is 2. The van der Waals surface area contributed by atoms with Crippen molar-refractivity contribution in [1.82, 2.24) is 9.80 Å². The smallest absolute Gasteiger partial charge is 0.321 e. The molecular weight excluding hydrogens is 318 g/mol. The van der Waals surface area contributed by atoms with Gasteiger partial charge in [-0.15, -0.1) is 0 Å². The van der Waals surface area contributed by atoms with E-state index in [9.17, 15) is 9.59 Å². The van der Waals surface area contributed by atoms with Gasteiger partial charge in [-0.1, -0.05) is 17.7 Å². The molecule has 1 saturated heterocycles. The molecule has 1 aliphatic rings. The lowest BCUT2D eigenvalue weighted by atomic mass is 10.2. The predicted molar refractivity (Wildman–Crippen MR) is 89.9 cm³/mol. The Balaban J connectivity index is 1.90. The van der Waals surface area contributed by atoms with Crippen LogP contribution in [0.5, 0.6) is 0 Å². The summed E-state index contributed by atoms with van der Waals surface area (Å²) in [6.07, 6.45) is 0.819. The molecule has 126 valence electrons. The van der Waals surface area contributed by atoms with E-state index in [4.69, 9.17) is 11.6 Å². The van der Waals surface area contributed by atoms with Crippen LogP contribution in [0.2, 0.25) is 5.02 Å². The van der Waals surface area contributed by atoms with E-state index in [0.29, 0.717) is 30.3 Å². The van der Waals surface area contributed by atoms with Crippen LogP contribution in [0.1, 0.15) is 12.0 Å². The summed E-state index contributed by atoms with van der Waals surface area (Å²) < 4.78 is 4.68. The average molecular weight is 340 g/mol. The first kappa shape index (κ1) is 17.6. The summed E-state index contributed by atoms with van der Waals surface area (Å²) in [6.45, 7) is 4.83. The number of benzene rings is 1. The van der Waals surface area contributed by atoms with Gasteiger partial charge < -0.3 is 15.0 Å². The molecule has 0 saturated carbocycles. The van der Waals surface area contributed by atoms with Crippen molar-refractivity contribution in [2.45, 2.75) is 13.3 Å². The van der Waals surface area contributed by atoms with Gasteiger partial charge in [0, 0.05) is 36.9 Å². The van der Waals surface area contributed by atoms with Crippen LogP contribution >= 0.6 is 11.6 Å². The van der Waals surface area contributed by atoms with E-state index in [2.05, 4.69) is 10.1 Å². The third-order valence-corrected chi connectivity index (χ3v) is 4.29. The van der Waals surface area contributed by atoms with Crippen LogP contribution in [0.15, 0.2) is 18.2 Å². The standard InChI is InChI=1S/C16H22ClN3O3/c1-12-4-5-13(10-14(12)17)18-16(22)20-7-3-6-19(8-9-20)11-15(21)23-2/h4-5,10H,3,6-9,11H2,1-2H3,(H,18,22). The third kappa shape index (κ3) is 5.11. The van der Waals surface area contributed by atoms with Crippen LogP contribution in [-0.4, -0.2) is 61.6 Å². The molecule has 1 N–H and O–H groups in total. The molecule has 0 aromatic heterocycles. The lowest BCUT2D eigenvalue weighted by Gasteiger charge is -2.22. The first-order valence-electron chi connectivity index (χ1n) is 7.61. The molecule has 0 aliphatic carbocycles. The summed E-state index contributed by atoms with van der Waals surface area (Å²) in [7, 11) is 1.38. The maximum atomic E-state index is 12.4. The third-order valence-electron chi connectivity index (χ3n) is 3.88. The fraction of sp³-hybridized carbons (Fsp3) is 0.500. The van der Waals surface area contributed by atoms with Crippen LogP contribution in [0.4, 0.5) is 10.5 Å². The number of carbonyl (C=O) groups is 2. The number of carbonyl (C=O) groups excluding carboxylic acids is 2. The zero-order valence-corrected chi connectivity index (χ0v) is 14.2. The molecule has 1 heterocycles. The Morgan fingerprint density at radius 1 is 1.26 bits per heavy atom. The van der Waals surface area contributed by atoms with Gasteiger partial charge in [-0.05, 0) is 31.0 Å². The summed E-state index contributed by atoms with van der Waals surface area (Å²) in [4.78, 5) is 27.5. The molecular formula is C16H22ClN3O3. The zero-order valence-electron chi connectivity index (χ0n) is 13.5. The Kier molecular flexibility index (Phi) is 6.24. The van der Waals surface area contributed by atoms with Gasteiger partial charge in [0.15, 0.2) is 0 Å². The SMILES string of the molecule is COC(=O)CN1CCCN(C(=O)Nc2ccc(C)c(Cl)c2)CC1. The lowest BCUT2D eigenvalue weighted by Crippen LogP contribution is -2.39. The molecule has 0 atom stereocenters. The van der Waals surface area contributed by atoms with E-state index in [1.165, 1.54) is 7.11 Å². The van der Waals surface area contributed by atoms with Crippen molar-refractivity contribution in [3.05, 3.63) is 28.8 Å². The molecule has 1 aromatic rings. The highest BCUT2D eigenvalue weighted by atomic mass is 35.5. The minimum atomic E-state index is -0.253. The Labute approximate surface area is 141 Å². The van der Waals surface area contributed by atoms with Crippen molar-refractivity contribution in [2.75, 3.05) is 45.2 Å². The van der Waals surface area contributed by atoms with Crippen molar-refractivity contribution in [1.29, 1.82) is 0 Å². The lowest BCUT2D eigenvalue weighted by molar-refractivity contribution is -0.141. The monoisotopic (exact) mass is 339 g/mol. The number of amides is 2. The predicted octanol–water partition coefficient (Wildman–Crippen LogP) is 2.36. The number of anilines is 1. The molecule has 0 bridgehead atoms. The van der Waals surface area contributed by atoms with E-state index in [1.54, 1.807) is 11.0 Å². The maximum absolute atomic E-state index is 12.4. The van der Waals surface area contributed by atoms with Crippen LogP contribution < -0.4 is 5.32 Å². The minimum absolute atomic E-state index is 0.148. The molecule has 0 unspecified atom stereocenters. The highest BCUT2D eigenvalue weighted by molar-refractivity contribution is 6.31. The van der Waals surface area contributed by atoms with Crippen molar-refractivity contribution in [3.8, 4) is 0 Å². The number of hydrogen-bond acceptors (Lipinski definition) is 4. The van der Waals surface area contributed by atoms with Gasteiger partial charge in [0.1, 0.15) is 0 Å². The van der Waals surface area contributed by atoms with E-state index in [-0.39, 0.29) is 18.5 Å². The maximum Gasteiger partial charge on any atom is 0.321 e. The summed E-state index contributed by atoms with van der Waals surface area (Å²) in [6, 6.07) is 5.31. The first-order valence-corrected chi connectivity index (χ1v) is 7.98. The van der Waals surface area contributed by atoms with Crippen LogP contribution in [0, 0.1) is 6.92 Å². The highest BCUT2D eigenvalue weighted by Crippen LogP contribution is 2.20. The van der Waals surface area contributed by atoms with Gasteiger partial charge in [0.05, 0.1) is 13.7 Å². The summed E-state index contributed by atoms with van der Waals surface area (Å²) in [5, 5.41) is 3.49. The molecule has 2 amide bonds. The number of esters is 1. The Bertz CT molecular complexity index is 580. The van der Waals surface area contributed by atoms with Crippen molar-refractivity contribution < 1.29 is 14.3 Å². The Morgan fingerprint density at radius 3 is 2.74 bits per heavy atom. The fourth-order valence-electron chi connectivity index (χ4n) is 2.45. The summed E-state index contributed by atoms with van der Waals surface area (Å²) in [5.41, 5.74) is 1.65. The van der Waals surface area contributed by atoms with Crippen LogP contribution in [-0.2, 0) is 9.53 Å². The van der Waals surface area contributed by atoms with E-state index in [0.717, 1.165) is 18.5 Å². The number of halogens is 1. The number of ether oxygens (including phenoxy) is 1. The number of hydrogen-bond donors (Lipinski definition) is 1. The van der Waals surface area contributed by atoms with Crippen LogP contribution in [0.3, 0.4) is 0 Å². The van der Waals surface area contributed by atoms with E-state index < -0.39 is 0 Å². The van der Waals surface area contributed by atoms with Crippen molar-refractivity contribution in [3.63, 3.8) is 0 Å². The molecule has 0 radical (unpaired) electrons. The zero-order chi connectivity index (χ0) is 16.8. The summed E-state index contributed by atoms with van der Waals surface area (Å²) in [5.74, 6) is -0.253. The van der Waals surface area contributed by atoms with Gasteiger partial charge in [-0.25, -0.2) is 4.79 Å². The fourth-order valence-corrected chi connectivity index (χ4v) is 2.63. The highest BCUT2D eigenvalue weighted by Gasteiger charge is 2.20. The molecule has 23 heavy (non-hydrogen) atoms. The number of rotatable bonds is 3. The van der Waals surface area contributed by atoms with E-state index in [1.807, 2.05) is 24.0 Å². The largest absolute Gasteiger partial charge is 0.468 e. The number of nitrogens with one attached hydrogen (secondary N) is 1. The quantitative estimate of drug-likeness (QED) is 0.859. The number of methoxy groups -OCH3 is 1. The molecule has 1 aliphatic heterocycles. The molecule has 7 heteroatoms. The molecule has 1 aromatic carbocycles. The van der Waals surface area contributed by atoms with Crippen LogP contribution in [0.25, 0.3) is 0 Å². The molecule has 2 rings (SSSR count). The Hall–Kier alpha value is -1.79. The average Bonchev–Trinajstić information content (AvgIpc) is 2.76. The number of aryl methyl sites for hydroxylation is 1. The normalized spacial score (nSPS) is 15.9. The topological polar surface area (TPSA) is 61.9 Å². The van der Waals surface area contributed by atoms with Gasteiger partial charge in [-0.2, -0.15) is 0 Å². The second-order valence-corrected chi connectivity index (χ2v) is 5.99. The first-order chi connectivity index (χ1) is 11.0. The molecule has 0 spiro atoms. The van der Waals surface area contributed by atoms with Gasteiger partial charge in [0.25, 0.3) is 0 Å². The second-order valence-electron chi connectivity index (χ2n) is 5.59. The van der Waals surface area contributed by atoms with E-state index >= 15 is 0 Å².